The molecular formula is C14H15N3O3. The fraction of sp³-hybridized carbons (Fsp3) is 0.357. The van der Waals surface area contributed by atoms with Gasteiger partial charge in [0, 0.05) is 18.9 Å². The van der Waals surface area contributed by atoms with E-state index in [2.05, 4.69) is 5.10 Å². The molecule has 0 spiro atoms. The van der Waals surface area contributed by atoms with Gasteiger partial charge in [-0.1, -0.05) is 25.1 Å². The van der Waals surface area contributed by atoms with Crippen molar-refractivity contribution >= 4 is 22.8 Å². The van der Waals surface area contributed by atoms with Crippen LogP contribution in [0.5, 0.6) is 0 Å². The number of carbonyl (C=O) groups is 2. The highest BCUT2D eigenvalue weighted by Crippen LogP contribution is 2.27. The molecule has 0 saturated carbocycles. The molecule has 20 heavy (non-hydrogen) atoms. The highest BCUT2D eigenvalue weighted by atomic mass is 16.6. The number of esters is 1. The lowest BCUT2D eigenvalue weighted by molar-refractivity contribution is -0.155. The van der Waals surface area contributed by atoms with Crippen molar-refractivity contribution in [1.82, 2.24) is 14.7 Å². The summed E-state index contributed by atoms with van der Waals surface area (Å²) in [5, 5.41) is 5.18. The zero-order valence-electron chi connectivity index (χ0n) is 11.4. The third kappa shape index (κ3) is 1.84. The Morgan fingerprint density at radius 2 is 2.20 bits per heavy atom. The van der Waals surface area contributed by atoms with Crippen LogP contribution < -0.4 is 0 Å². The average Bonchev–Trinajstić information content (AvgIpc) is 2.84. The number of fused-ring (bicyclic) bond motifs is 3. The number of carbonyl (C=O) groups excluding carboxylic acids is 2. The second-order valence-electron chi connectivity index (χ2n) is 4.79. The molecule has 0 saturated heterocycles. The summed E-state index contributed by atoms with van der Waals surface area (Å²) < 4.78 is 6.91. The van der Waals surface area contributed by atoms with Crippen molar-refractivity contribution in [1.29, 1.82) is 0 Å². The largest absolute Gasteiger partial charge is 0.438 e. The van der Waals surface area contributed by atoms with Crippen LogP contribution in [0.3, 0.4) is 0 Å². The van der Waals surface area contributed by atoms with Crippen LogP contribution in [-0.2, 0) is 9.53 Å². The fourth-order valence-electron chi connectivity index (χ4n) is 2.37. The Morgan fingerprint density at radius 1 is 1.45 bits per heavy atom. The summed E-state index contributed by atoms with van der Waals surface area (Å²) in [4.78, 5) is 25.4. The van der Waals surface area contributed by atoms with Crippen molar-refractivity contribution in [2.24, 2.45) is 0 Å². The maximum atomic E-state index is 12.3. The van der Waals surface area contributed by atoms with Gasteiger partial charge in [-0.25, -0.2) is 4.68 Å². The molecule has 1 amide bonds. The van der Waals surface area contributed by atoms with Crippen molar-refractivity contribution in [3.63, 3.8) is 0 Å². The second-order valence-corrected chi connectivity index (χ2v) is 4.79. The zero-order valence-corrected chi connectivity index (χ0v) is 11.4. The maximum absolute atomic E-state index is 12.3. The molecule has 1 unspecified atom stereocenters. The number of aromatic nitrogens is 2. The van der Waals surface area contributed by atoms with Crippen LogP contribution in [0.25, 0.3) is 10.9 Å². The molecule has 0 aliphatic carbocycles. The minimum atomic E-state index is -0.562. The van der Waals surface area contributed by atoms with Gasteiger partial charge >= 0.3 is 5.97 Å². The topological polar surface area (TPSA) is 64.4 Å². The summed E-state index contributed by atoms with van der Waals surface area (Å²) in [7, 11) is 1.69. The van der Waals surface area contributed by atoms with E-state index in [4.69, 9.17) is 4.74 Å². The Kier molecular flexibility index (Phi) is 2.93. The van der Waals surface area contributed by atoms with E-state index in [1.165, 1.54) is 4.68 Å². The monoisotopic (exact) mass is 273 g/mol. The molecular weight excluding hydrogens is 258 g/mol. The van der Waals surface area contributed by atoms with E-state index in [9.17, 15) is 9.59 Å². The van der Waals surface area contributed by atoms with Gasteiger partial charge in [0.2, 0.25) is 6.23 Å². The van der Waals surface area contributed by atoms with E-state index in [1.54, 1.807) is 18.9 Å². The molecule has 1 aromatic heterocycles. The normalized spacial score (nSPS) is 18.2. The summed E-state index contributed by atoms with van der Waals surface area (Å²) in [6.45, 7) is 2.05. The molecule has 6 nitrogen and oxygen atoms in total. The number of amides is 1. The van der Waals surface area contributed by atoms with Crippen LogP contribution in [0, 0.1) is 0 Å². The van der Waals surface area contributed by atoms with Gasteiger partial charge in [0.05, 0.1) is 12.1 Å². The fourth-order valence-corrected chi connectivity index (χ4v) is 2.37. The van der Waals surface area contributed by atoms with E-state index < -0.39 is 6.23 Å². The van der Waals surface area contributed by atoms with Gasteiger partial charge in [0.1, 0.15) is 5.69 Å². The molecule has 0 radical (unpaired) electrons. The van der Waals surface area contributed by atoms with Gasteiger partial charge in [-0.05, 0) is 6.07 Å². The van der Waals surface area contributed by atoms with E-state index in [0.717, 1.165) is 10.9 Å². The zero-order chi connectivity index (χ0) is 14.3. The lowest BCUT2D eigenvalue weighted by atomic mass is 10.1. The Balaban J connectivity index is 2.13. The Hall–Kier alpha value is -2.37. The smallest absolute Gasteiger partial charge is 0.307 e. The SMILES string of the molecule is CCC(=O)OC1CN(C)C(=O)c2c3ccccc3nn21. The minimum absolute atomic E-state index is 0.109. The Morgan fingerprint density at radius 3 is 2.95 bits per heavy atom. The van der Waals surface area contributed by atoms with Crippen LogP contribution in [0.2, 0.25) is 0 Å². The molecule has 0 bridgehead atoms. The molecule has 2 aromatic rings. The highest BCUT2D eigenvalue weighted by Gasteiger charge is 2.34. The molecule has 6 heteroatoms. The lowest BCUT2D eigenvalue weighted by Crippen LogP contribution is -2.42. The molecule has 3 rings (SSSR count). The predicted molar refractivity (Wildman–Crippen MR) is 72.1 cm³/mol. The van der Waals surface area contributed by atoms with Crippen molar-refractivity contribution in [2.75, 3.05) is 13.6 Å². The number of hydrogen-bond acceptors (Lipinski definition) is 4. The minimum Gasteiger partial charge on any atom is -0.438 e. The van der Waals surface area contributed by atoms with Gasteiger partial charge in [-0.15, -0.1) is 0 Å². The van der Waals surface area contributed by atoms with Crippen molar-refractivity contribution in [2.45, 2.75) is 19.6 Å². The van der Waals surface area contributed by atoms with Crippen molar-refractivity contribution < 1.29 is 14.3 Å². The third-order valence-electron chi connectivity index (χ3n) is 3.41. The van der Waals surface area contributed by atoms with Gasteiger partial charge in [0.15, 0.2) is 0 Å². The van der Waals surface area contributed by atoms with Gasteiger partial charge < -0.3 is 9.64 Å². The maximum Gasteiger partial charge on any atom is 0.307 e. The molecule has 1 atom stereocenters. The van der Waals surface area contributed by atoms with E-state index in [-0.39, 0.29) is 11.9 Å². The number of likely N-dealkylation sites (N-methyl/N-ethyl adjacent to an activating group) is 1. The van der Waals surface area contributed by atoms with Crippen molar-refractivity contribution in [3.05, 3.63) is 30.0 Å². The standard InChI is InChI=1S/C14H15N3O3/c1-3-12(18)20-11-8-16(2)14(19)13-9-6-4-5-7-10(9)15-17(11)13/h4-7,11H,3,8H2,1-2H3. The molecule has 104 valence electrons. The van der Waals surface area contributed by atoms with Crippen LogP contribution in [0.15, 0.2) is 24.3 Å². The summed E-state index contributed by atoms with van der Waals surface area (Å²) in [6.07, 6.45) is -0.267. The van der Waals surface area contributed by atoms with Crippen LogP contribution in [0.1, 0.15) is 30.1 Å². The predicted octanol–water partition coefficient (Wildman–Crippen LogP) is 1.57. The summed E-state index contributed by atoms with van der Waals surface area (Å²) in [5.74, 6) is -0.411. The van der Waals surface area contributed by atoms with E-state index in [0.29, 0.717) is 18.7 Å². The van der Waals surface area contributed by atoms with Crippen LogP contribution >= 0.6 is 0 Å². The first kappa shape index (κ1) is 12.7. The number of nitrogens with zero attached hydrogens (tertiary/aromatic N) is 3. The summed E-state index contributed by atoms with van der Waals surface area (Å²) in [5.41, 5.74) is 1.20. The Bertz CT molecular complexity index is 692. The first-order valence-electron chi connectivity index (χ1n) is 6.54. The van der Waals surface area contributed by atoms with Gasteiger partial charge in [0.25, 0.3) is 5.91 Å². The molecule has 1 aliphatic heterocycles. The first-order chi connectivity index (χ1) is 9.61. The van der Waals surface area contributed by atoms with Crippen molar-refractivity contribution in [3.8, 4) is 0 Å². The second kappa shape index (κ2) is 4.63. The van der Waals surface area contributed by atoms with Gasteiger partial charge in [-0.3, -0.25) is 9.59 Å². The van der Waals surface area contributed by atoms with E-state index >= 15 is 0 Å². The quantitative estimate of drug-likeness (QED) is 0.779. The molecule has 1 aliphatic rings. The third-order valence-corrected chi connectivity index (χ3v) is 3.41. The first-order valence-corrected chi connectivity index (χ1v) is 6.54. The average molecular weight is 273 g/mol. The number of hydrogen-bond donors (Lipinski definition) is 0. The van der Waals surface area contributed by atoms with E-state index in [1.807, 2.05) is 24.3 Å². The molecule has 0 fully saturated rings. The summed E-state index contributed by atoms with van der Waals surface area (Å²) >= 11 is 0. The molecule has 1 aromatic carbocycles. The highest BCUT2D eigenvalue weighted by molar-refractivity contribution is 6.05. The van der Waals surface area contributed by atoms with Gasteiger partial charge in [-0.2, -0.15) is 5.10 Å². The number of ether oxygens (including phenoxy) is 1. The lowest BCUT2D eigenvalue weighted by Gasteiger charge is -2.30. The van der Waals surface area contributed by atoms with Crippen LogP contribution in [0.4, 0.5) is 0 Å². The number of benzene rings is 1. The van der Waals surface area contributed by atoms with Crippen LogP contribution in [-0.4, -0.2) is 40.1 Å². The number of rotatable bonds is 2. The molecule has 0 N–H and O–H groups in total. The summed E-state index contributed by atoms with van der Waals surface area (Å²) in [6, 6.07) is 7.42. The Labute approximate surface area is 115 Å². The molecule has 2 heterocycles.